The minimum atomic E-state index is -0.106. The lowest BCUT2D eigenvalue weighted by Crippen LogP contribution is -1.92. The summed E-state index contributed by atoms with van der Waals surface area (Å²) in [6.45, 7) is 5.91. The van der Waals surface area contributed by atoms with Crippen LogP contribution in [0, 0.1) is 5.82 Å². The quantitative estimate of drug-likeness (QED) is 0.642. The number of hydrogen-bond donors (Lipinski definition) is 0. The first-order valence-corrected chi connectivity index (χ1v) is 4.57. The molecular formula is C12H15F. The van der Waals surface area contributed by atoms with Gasteiger partial charge < -0.3 is 0 Å². The Hall–Kier alpha value is -1.11. The predicted octanol–water partition coefficient (Wildman–Crippen LogP) is 3.98. The second-order valence-electron chi connectivity index (χ2n) is 3.44. The van der Waals surface area contributed by atoms with Gasteiger partial charge in [-0.05, 0) is 30.0 Å². The Kier molecular flexibility index (Phi) is 3.24. The van der Waals surface area contributed by atoms with Crippen LogP contribution in [-0.4, -0.2) is 0 Å². The van der Waals surface area contributed by atoms with E-state index in [0.29, 0.717) is 0 Å². The second-order valence-corrected chi connectivity index (χ2v) is 3.44. The molecule has 0 aliphatic carbocycles. The van der Waals surface area contributed by atoms with E-state index in [1.54, 1.807) is 6.07 Å². The molecule has 0 saturated carbocycles. The van der Waals surface area contributed by atoms with E-state index >= 15 is 0 Å². The summed E-state index contributed by atoms with van der Waals surface area (Å²) >= 11 is 0. The van der Waals surface area contributed by atoms with Crippen LogP contribution in [-0.2, 0) is 0 Å². The summed E-state index contributed by atoms with van der Waals surface area (Å²) in [7, 11) is 0. The predicted molar refractivity (Wildman–Crippen MR) is 55.2 cm³/mol. The number of benzene rings is 1. The van der Waals surface area contributed by atoms with E-state index in [0.717, 1.165) is 11.1 Å². The highest BCUT2D eigenvalue weighted by Crippen LogP contribution is 2.19. The third-order valence-electron chi connectivity index (χ3n) is 2.01. The molecule has 0 fully saturated rings. The van der Waals surface area contributed by atoms with Gasteiger partial charge in [-0.1, -0.05) is 38.1 Å². The number of allylic oxidation sites excluding steroid dienone is 1. The zero-order valence-corrected chi connectivity index (χ0v) is 8.34. The number of hydrogen-bond acceptors (Lipinski definition) is 0. The Bertz CT molecular complexity index is 311. The van der Waals surface area contributed by atoms with Crippen molar-refractivity contribution in [1.29, 1.82) is 0 Å². The fourth-order valence-corrected chi connectivity index (χ4v) is 1.31. The first-order valence-electron chi connectivity index (χ1n) is 4.57. The first-order chi connectivity index (χ1) is 6.15. The molecule has 1 heteroatoms. The average molecular weight is 178 g/mol. The van der Waals surface area contributed by atoms with Crippen molar-refractivity contribution in [3.63, 3.8) is 0 Å². The van der Waals surface area contributed by atoms with Gasteiger partial charge in [-0.3, -0.25) is 0 Å². The van der Waals surface area contributed by atoms with Gasteiger partial charge in [-0.2, -0.15) is 0 Å². The third-order valence-corrected chi connectivity index (χ3v) is 2.01. The fraction of sp³-hybridized carbons (Fsp3) is 0.333. The zero-order valence-electron chi connectivity index (χ0n) is 8.34. The van der Waals surface area contributed by atoms with Crippen LogP contribution in [0.2, 0.25) is 0 Å². The Morgan fingerprint density at radius 3 is 2.46 bits per heavy atom. The van der Waals surface area contributed by atoms with E-state index in [9.17, 15) is 4.39 Å². The van der Waals surface area contributed by atoms with E-state index in [4.69, 9.17) is 0 Å². The molecule has 0 aromatic heterocycles. The lowest BCUT2D eigenvalue weighted by Gasteiger charge is -2.06. The molecule has 13 heavy (non-hydrogen) atoms. The van der Waals surface area contributed by atoms with Crippen molar-refractivity contribution < 1.29 is 4.39 Å². The largest absolute Gasteiger partial charge is 0.207 e. The lowest BCUT2D eigenvalue weighted by molar-refractivity contribution is 0.598. The highest BCUT2D eigenvalue weighted by atomic mass is 19.1. The van der Waals surface area contributed by atoms with E-state index in [-0.39, 0.29) is 11.7 Å². The van der Waals surface area contributed by atoms with Crippen LogP contribution in [0.1, 0.15) is 37.8 Å². The molecule has 1 rings (SSSR count). The van der Waals surface area contributed by atoms with Gasteiger partial charge in [-0.25, -0.2) is 4.39 Å². The fourth-order valence-electron chi connectivity index (χ4n) is 1.31. The van der Waals surface area contributed by atoms with Crippen molar-refractivity contribution in [2.45, 2.75) is 26.7 Å². The van der Waals surface area contributed by atoms with E-state index < -0.39 is 0 Å². The summed E-state index contributed by atoms with van der Waals surface area (Å²) in [6.07, 6.45) is 3.80. The SMILES string of the molecule is C/C=C/c1ccc(C(C)C)c(F)c1. The summed E-state index contributed by atoms with van der Waals surface area (Å²) in [4.78, 5) is 0. The summed E-state index contributed by atoms with van der Waals surface area (Å²) in [5.41, 5.74) is 1.71. The molecule has 0 N–H and O–H groups in total. The van der Waals surface area contributed by atoms with E-state index in [1.165, 1.54) is 0 Å². The second kappa shape index (κ2) is 4.22. The molecule has 70 valence electrons. The molecule has 0 bridgehead atoms. The Morgan fingerprint density at radius 2 is 2.00 bits per heavy atom. The molecule has 0 saturated heterocycles. The summed E-state index contributed by atoms with van der Waals surface area (Å²) < 4.78 is 13.4. The van der Waals surface area contributed by atoms with Gasteiger partial charge in [0, 0.05) is 0 Å². The Balaban J connectivity index is 3.05. The van der Waals surface area contributed by atoms with E-state index in [2.05, 4.69) is 0 Å². The molecule has 0 heterocycles. The maximum Gasteiger partial charge on any atom is 0.127 e. The maximum atomic E-state index is 13.4. The minimum Gasteiger partial charge on any atom is -0.207 e. The van der Waals surface area contributed by atoms with Gasteiger partial charge in [0.25, 0.3) is 0 Å². The molecule has 0 aliphatic heterocycles. The zero-order chi connectivity index (χ0) is 9.84. The highest BCUT2D eigenvalue weighted by Gasteiger charge is 2.05. The van der Waals surface area contributed by atoms with Gasteiger partial charge in [0.05, 0.1) is 0 Å². The summed E-state index contributed by atoms with van der Waals surface area (Å²) in [6, 6.07) is 5.38. The van der Waals surface area contributed by atoms with Crippen molar-refractivity contribution in [3.8, 4) is 0 Å². The van der Waals surface area contributed by atoms with Gasteiger partial charge in [0.1, 0.15) is 5.82 Å². The standard InChI is InChI=1S/C12H15F/c1-4-5-10-6-7-11(9(2)3)12(13)8-10/h4-9H,1-3H3/b5-4+. The van der Waals surface area contributed by atoms with Gasteiger partial charge in [0.15, 0.2) is 0 Å². The minimum absolute atomic E-state index is 0.106. The molecule has 1 aromatic rings. The smallest absolute Gasteiger partial charge is 0.127 e. The maximum absolute atomic E-state index is 13.4. The van der Waals surface area contributed by atoms with Crippen LogP contribution >= 0.6 is 0 Å². The molecule has 0 nitrogen and oxygen atoms in total. The normalized spacial score (nSPS) is 11.5. The van der Waals surface area contributed by atoms with Gasteiger partial charge >= 0.3 is 0 Å². The van der Waals surface area contributed by atoms with Crippen molar-refractivity contribution in [2.75, 3.05) is 0 Å². The highest BCUT2D eigenvalue weighted by molar-refractivity contribution is 5.49. The monoisotopic (exact) mass is 178 g/mol. The summed E-state index contributed by atoms with van der Waals surface area (Å²) in [5, 5.41) is 0. The lowest BCUT2D eigenvalue weighted by atomic mass is 10.0. The van der Waals surface area contributed by atoms with Crippen LogP contribution in [0.15, 0.2) is 24.3 Å². The Morgan fingerprint density at radius 1 is 1.31 bits per heavy atom. The molecule has 0 aliphatic rings. The van der Waals surface area contributed by atoms with Crippen molar-refractivity contribution >= 4 is 6.08 Å². The number of rotatable bonds is 2. The van der Waals surface area contributed by atoms with Crippen molar-refractivity contribution in [3.05, 3.63) is 41.2 Å². The van der Waals surface area contributed by atoms with Crippen LogP contribution in [0.5, 0.6) is 0 Å². The molecule has 0 radical (unpaired) electrons. The molecule has 1 aromatic carbocycles. The Labute approximate surface area is 79.1 Å². The molecular weight excluding hydrogens is 163 g/mol. The third kappa shape index (κ3) is 2.41. The van der Waals surface area contributed by atoms with Crippen LogP contribution < -0.4 is 0 Å². The molecule has 0 atom stereocenters. The first kappa shape index (κ1) is 9.97. The van der Waals surface area contributed by atoms with Crippen LogP contribution in [0.3, 0.4) is 0 Å². The van der Waals surface area contributed by atoms with Crippen LogP contribution in [0.4, 0.5) is 4.39 Å². The van der Waals surface area contributed by atoms with Crippen molar-refractivity contribution in [1.82, 2.24) is 0 Å². The van der Waals surface area contributed by atoms with Crippen molar-refractivity contribution in [2.24, 2.45) is 0 Å². The molecule has 0 spiro atoms. The summed E-state index contributed by atoms with van der Waals surface area (Å²) in [5.74, 6) is 0.144. The van der Waals surface area contributed by atoms with E-state index in [1.807, 2.05) is 45.1 Å². The van der Waals surface area contributed by atoms with Crippen LogP contribution in [0.25, 0.3) is 6.08 Å². The molecule has 0 amide bonds. The van der Waals surface area contributed by atoms with Gasteiger partial charge in [-0.15, -0.1) is 0 Å². The van der Waals surface area contributed by atoms with Gasteiger partial charge in [0.2, 0.25) is 0 Å². The average Bonchev–Trinajstić information content (AvgIpc) is 2.04. The number of halogens is 1. The molecule has 0 unspecified atom stereocenters. The topological polar surface area (TPSA) is 0 Å².